The molecule has 1 heterocycles. The van der Waals surface area contributed by atoms with Gasteiger partial charge in [0, 0.05) is 15.6 Å². The summed E-state index contributed by atoms with van der Waals surface area (Å²) in [5.41, 5.74) is 0.373. The number of ether oxygens (including phenoxy) is 1. The van der Waals surface area contributed by atoms with Gasteiger partial charge in [0.25, 0.3) is 0 Å². The molecule has 0 amide bonds. The summed E-state index contributed by atoms with van der Waals surface area (Å²) < 4.78 is 5.71. The predicted molar refractivity (Wildman–Crippen MR) is 76.4 cm³/mol. The maximum Gasteiger partial charge on any atom is 0.342 e. The Kier molecular flexibility index (Phi) is 4.55. The Balaban J connectivity index is 2.38. The van der Waals surface area contributed by atoms with E-state index in [1.165, 1.54) is 25.1 Å². The van der Waals surface area contributed by atoms with Crippen molar-refractivity contribution in [3.05, 3.63) is 46.3 Å². The third-order valence-corrected chi connectivity index (χ3v) is 3.78. The molecule has 0 saturated heterocycles. The molecule has 0 unspecified atom stereocenters. The summed E-state index contributed by atoms with van der Waals surface area (Å²) in [6.45, 7) is 1.78. The Labute approximate surface area is 123 Å². The number of carbonyl (C=O) groups excluding carboxylic acids is 1. The zero-order valence-electron chi connectivity index (χ0n) is 10.4. The SMILES string of the molecule is COC(=O)c1cnc(C)nc1Sc1cccc(Br)c1. The zero-order chi connectivity index (χ0) is 13.8. The summed E-state index contributed by atoms with van der Waals surface area (Å²) in [5.74, 6) is 0.183. The summed E-state index contributed by atoms with van der Waals surface area (Å²) in [5, 5.41) is 0.595. The van der Waals surface area contributed by atoms with E-state index in [9.17, 15) is 4.79 Å². The van der Waals surface area contributed by atoms with Gasteiger partial charge in [0.2, 0.25) is 0 Å². The molecule has 0 fully saturated rings. The number of hydrogen-bond acceptors (Lipinski definition) is 5. The molecule has 98 valence electrons. The second-order valence-electron chi connectivity index (χ2n) is 3.69. The maximum atomic E-state index is 11.7. The van der Waals surface area contributed by atoms with E-state index in [1.807, 2.05) is 24.3 Å². The number of halogens is 1. The highest BCUT2D eigenvalue weighted by atomic mass is 79.9. The zero-order valence-corrected chi connectivity index (χ0v) is 12.8. The van der Waals surface area contributed by atoms with Crippen LogP contribution < -0.4 is 0 Å². The smallest absolute Gasteiger partial charge is 0.342 e. The van der Waals surface area contributed by atoms with Crippen molar-refractivity contribution in [1.82, 2.24) is 9.97 Å². The van der Waals surface area contributed by atoms with Crippen LogP contribution in [0.3, 0.4) is 0 Å². The van der Waals surface area contributed by atoms with Crippen LogP contribution >= 0.6 is 27.7 Å². The molecule has 4 nitrogen and oxygen atoms in total. The Morgan fingerprint density at radius 3 is 2.89 bits per heavy atom. The molecule has 0 aliphatic heterocycles. The Hall–Kier alpha value is -1.40. The van der Waals surface area contributed by atoms with Crippen LogP contribution in [0.25, 0.3) is 0 Å². The monoisotopic (exact) mass is 338 g/mol. The van der Waals surface area contributed by atoms with E-state index in [0.29, 0.717) is 16.4 Å². The molecule has 0 N–H and O–H groups in total. The van der Waals surface area contributed by atoms with E-state index in [1.54, 1.807) is 6.92 Å². The number of benzene rings is 1. The highest BCUT2D eigenvalue weighted by Crippen LogP contribution is 2.30. The van der Waals surface area contributed by atoms with Crippen LogP contribution in [0.2, 0.25) is 0 Å². The van der Waals surface area contributed by atoms with Gasteiger partial charge < -0.3 is 4.74 Å². The average molecular weight is 339 g/mol. The maximum absolute atomic E-state index is 11.7. The first-order chi connectivity index (χ1) is 9.10. The highest BCUT2D eigenvalue weighted by molar-refractivity contribution is 9.10. The van der Waals surface area contributed by atoms with Crippen LogP contribution in [0.1, 0.15) is 16.2 Å². The van der Waals surface area contributed by atoms with Crippen molar-refractivity contribution in [1.29, 1.82) is 0 Å². The lowest BCUT2D eigenvalue weighted by atomic mass is 10.3. The number of rotatable bonds is 3. The topological polar surface area (TPSA) is 52.1 Å². The summed E-state index contributed by atoms with van der Waals surface area (Å²) in [4.78, 5) is 21.0. The molecular weight excluding hydrogens is 328 g/mol. The summed E-state index contributed by atoms with van der Waals surface area (Å²) in [7, 11) is 1.34. The number of carbonyl (C=O) groups is 1. The number of aromatic nitrogens is 2. The van der Waals surface area contributed by atoms with E-state index < -0.39 is 5.97 Å². The molecule has 1 aromatic carbocycles. The Morgan fingerprint density at radius 1 is 1.42 bits per heavy atom. The molecule has 0 radical (unpaired) electrons. The van der Waals surface area contributed by atoms with Gasteiger partial charge in [-0.15, -0.1) is 0 Å². The van der Waals surface area contributed by atoms with Crippen molar-refractivity contribution < 1.29 is 9.53 Å². The minimum atomic E-state index is -0.433. The number of methoxy groups -OCH3 is 1. The molecular formula is C13H11BrN2O2S. The molecule has 0 bridgehead atoms. The third-order valence-electron chi connectivity index (χ3n) is 2.29. The summed E-state index contributed by atoms with van der Waals surface area (Å²) in [6, 6.07) is 7.78. The summed E-state index contributed by atoms with van der Waals surface area (Å²) >= 11 is 4.82. The molecule has 1 aromatic heterocycles. The molecule has 2 rings (SSSR count). The first-order valence-corrected chi connectivity index (χ1v) is 7.06. The van der Waals surface area contributed by atoms with E-state index in [-0.39, 0.29) is 0 Å². The first kappa shape index (κ1) is 14.0. The number of nitrogens with zero attached hydrogens (tertiary/aromatic N) is 2. The number of esters is 1. The van der Waals surface area contributed by atoms with Gasteiger partial charge in [-0.2, -0.15) is 0 Å². The van der Waals surface area contributed by atoms with E-state index in [4.69, 9.17) is 4.74 Å². The fraction of sp³-hybridized carbons (Fsp3) is 0.154. The normalized spacial score (nSPS) is 10.3. The van der Waals surface area contributed by atoms with Crippen molar-refractivity contribution >= 4 is 33.7 Å². The van der Waals surface area contributed by atoms with Gasteiger partial charge in [-0.3, -0.25) is 0 Å². The van der Waals surface area contributed by atoms with Gasteiger partial charge in [0.05, 0.1) is 7.11 Å². The van der Waals surface area contributed by atoms with E-state index >= 15 is 0 Å². The largest absolute Gasteiger partial charge is 0.465 e. The summed E-state index contributed by atoms with van der Waals surface area (Å²) in [6.07, 6.45) is 1.49. The van der Waals surface area contributed by atoms with Gasteiger partial charge in [0.15, 0.2) is 0 Å². The fourth-order valence-electron chi connectivity index (χ4n) is 1.42. The molecule has 0 atom stereocenters. The van der Waals surface area contributed by atoms with Crippen molar-refractivity contribution in [2.75, 3.05) is 7.11 Å². The molecule has 19 heavy (non-hydrogen) atoms. The van der Waals surface area contributed by atoms with Crippen molar-refractivity contribution in [3.8, 4) is 0 Å². The van der Waals surface area contributed by atoms with Gasteiger partial charge in [-0.05, 0) is 25.1 Å². The van der Waals surface area contributed by atoms with Crippen LogP contribution in [0.5, 0.6) is 0 Å². The van der Waals surface area contributed by atoms with Gasteiger partial charge in [-0.1, -0.05) is 33.8 Å². The minimum Gasteiger partial charge on any atom is -0.465 e. The quantitative estimate of drug-likeness (QED) is 0.633. The molecule has 0 aliphatic carbocycles. The van der Waals surface area contributed by atoms with Crippen LogP contribution in [0.4, 0.5) is 0 Å². The van der Waals surface area contributed by atoms with Crippen molar-refractivity contribution in [2.45, 2.75) is 16.8 Å². The third kappa shape index (κ3) is 3.54. The number of aryl methyl sites for hydroxylation is 1. The first-order valence-electron chi connectivity index (χ1n) is 5.45. The number of hydrogen-bond donors (Lipinski definition) is 0. The predicted octanol–water partition coefficient (Wildman–Crippen LogP) is 3.49. The molecule has 2 aromatic rings. The van der Waals surface area contributed by atoms with Crippen LogP contribution in [-0.2, 0) is 4.74 Å². The lowest BCUT2D eigenvalue weighted by molar-refractivity contribution is 0.0595. The standard InChI is InChI=1S/C13H11BrN2O2S/c1-8-15-7-11(13(17)18-2)12(16-8)19-10-5-3-4-9(14)6-10/h3-7H,1-2H3. The highest BCUT2D eigenvalue weighted by Gasteiger charge is 2.15. The molecule has 0 aliphatic rings. The molecule has 6 heteroatoms. The molecule has 0 saturated carbocycles. The minimum absolute atomic E-state index is 0.373. The Bertz CT molecular complexity index is 619. The lowest BCUT2D eigenvalue weighted by Crippen LogP contribution is -2.06. The van der Waals surface area contributed by atoms with Crippen LogP contribution in [0, 0.1) is 6.92 Å². The average Bonchev–Trinajstić information content (AvgIpc) is 2.38. The van der Waals surface area contributed by atoms with Gasteiger partial charge >= 0.3 is 5.97 Å². The Morgan fingerprint density at radius 2 is 2.21 bits per heavy atom. The second-order valence-corrected chi connectivity index (χ2v) is 5.66. The van der Waals surface area contributed by atoms with Crippen molar-refractivity contribution in [3.63, 3.8) is 0 Å². The van der Waals surface area contributed by atoms with Gasteiger partial charge in [-0.25, -0.2) is 14.8 Å². The van der Waals surface area contributed by atoms with Crippen LogP contribution in [-0.4, -0.2) is 23.0 Å². The lowest BCUT2D eigenvalue weighted by Gasteiger charge is -2.07. The van der Waals surface area contributed by atoms with Gasteiger partial charge in [0.1, 0.15) is 16.4 Å². The second kappa shape index (κ2) is 6.16. The van der Waals surface area contributed by atoms with E-state index in [0.717, 1.165) is 9.37 Å². The van der Waals surface area contributed by atoms with Crippen LogP contribution in [0.15, 0.2) is 44.9 Å². The molecule has 0 spiro atoms. The van der Waals surface area contributed by atoms with Crippen molar-refractivity contribution in [2.24, 2.45) is 0 Å². The fourth-order valence-corrected chi connectivity index (χ4v) is 2.95. The van der Waals surface area contributed by atoms with E-state index in [2.05, 4.69) is 25.9 Å².